The molecule has 0 bridgehead atoms. The van der Waals surface area contributed by atoms with Crippen molar-refractivity contribution in [2.75, 3.05) is 0 Å². The Morgan fingerprint density at radius 3 is 1.87 bits per heavy atom. The fourth-order valence-corrected chi connectivity index (χ4v) is 4.35. The third kappa shape index (κ3) is 5.47. The summed E-state index contributed by atoms with van der Waals surface area (Å²) in [7, 11) is 0. The maximum atomic E-state index is 13.5. The van der Waals surface area contributed by atoms with E-state index in [0.29, 0.717) is 0 Å². The van der Waals surface area contributed by atoms with Crippen LogP contribution in [0.5, 0.6) is 5.75 Å². The van der Waals surface area contributed by atoms with Crippen molar-refractivity contribution in [2.24, 2.45) is 0 Å². The summed E-state index contributed by atoms with van der Waals surface area (Å²) in [4.78, 5) is 2.35. The van der Waals surface area contributed by atoms with Crippen molar-refractivity contribution >= 4 is 0 Å². The SMILES string of the molecule is FC(F)(F)c1ccccc1OC1CCCC1N(Cc1ccccc1)Cc1ccccc1. The van der Waals surface area contributed by atoms with Gasteiger partial charge >= 0.3 is 6.18 Å². The second kappa shape index (κ2) is 9.56. The Hall–Kier alpha value is -2.79. The first-order valence-corrected chi connectivity index (χ1v) is 10.7. The molecule has 0 aromatic heterocycles. The highest BCUT2D eigenvalue weighted by molar-refractivity contribution is 5.36. The fraction of sp³-hybridized carbons (Fsp3) is 0.308. The molecule has 0 spiro atoms. The second-order valence-corrected chi connectivity index (χ2v) is 8.02. The molecule has 3 aromatic carbocycles. The highest BCUT2D eigenvalue weighted by Gasteiger charge is 2.38. The molecular formula is C26H26F3NO. The van der Waals surface area contributed by atoms with Gasteiger partial charge in [-0.1, -0.05) is 72.8 Å². The molecule has 0 saturated heterocycles. The van der Waals surface area contributed by atoms with E-state index < -0.39 is 11.7 Å². The molecule has 1 saturated carbocycles. The summed E-state index contributed by atoms with van der Waals surface area (Å²) in [6, 6.07) is 25.9. The summed E-state index contributed by atoms with van der Waals surface area (Å²) in [6.07, 6.45) is -2.13. The van der Waals surface area contributed by atoms with Crippen LogP contribution in [0, 0.1) is 0 Å². The van der Waals surface area contributed by atoms with Gasteiger partial charge in [0.15, 0.2) is 0 Å². The molecule has 0 amide bonds. The van der Waals surface area contributed by atoms with Crippen LogP contribution >= 0.6 is 0 Å². The zero-order valence-electron chi connectivity index (χ0n) is 17.3. The highest BCUT2D eigenvalue weighted by atomic mass is 19.4. The van der Waals surface area contributed by atoms with Crippen LogP contribution in [0.2, 0.25) is 0 Å². The molecule has 31 heavy (non-hydrogen) atoms. The standard InChI is InChI=1S/C26H26F3NO/c27-26(28,29)22-14-7-8-16-24(22)31-25-17-9-15-23(25)30(18-20-10-3-1-4-11-20)19-21-12-5-2-6-13-21/h1-8,10-14,16,23,25H,9,15,17-19H2. The Balaban J connectivity index is 1.58. The average Bonchev–Trinajstić information content (AvgIpc) is 3.22. The van der Waals surface area contributed by atoms with Crippen molar-refractivity contribution in [2.45, 2.75) is 50.7 Å². The number of rotatable bonds is 7. The number of hydrogen-bond acceptors (Lipinski definition) is 2. The van der Waals surface area contributed by atoms with E-state index in [9.17, 15) is 13.2 Å². The van der Waals surface area contributed by atoms with Gasteiger partial charge in [-0.05, 0) is 42.5 Å². The van der Waals surface area contributed by atoms with Crippen LogP contribution in [0.4, 0.5) is 13.2 Å². The van der Waals surface area contributed by atoms with E-state index in [0.717, 1.165) is 38.4 Å². The number of halogens is 3. The van der Waals surface area contributed by atoms with Gasteiger partial charge in [-0.2, -0.15) is 13.2 Å². The lowest BCUT2D eigenvalue weighted by molar-refractivity contribution is -0.139. The van der Waals surface area contributed by atoms with Crippen LogP contribution in [-0.2, 0) is 19.3 Å². The van der Waals surface area contributed by atoms with Gasteiger partial charge < -0.3 is 4.74 Å². The number of nitrogens with zero attached hydrogens (tertiary/aromatic N) is 1. The zero-order chi connectivity index (χ0) is 21.7. The van der Waals surface area contributed by atoms with Gasteiger partial charge in [0.2, 0.25) is 0 Å². The second-order valence-electron chi connectivity index (χ2n) is 8.02. The molecule has 1 fully saturated rings. The third-order valence-corrected chi connectivity index (χ3v) is 5.81. The summed E-state index contributed by atoms with van der Waals surface area (Å²) in [5, 5.41) is 0. The lowest BCUT2D eigenvalue weighted by Crippen LogP contribution is -2.42. The Morgan fingerprint density at radius 1 is 0.742 bits per heavy atom. The Bertz CT molecular complexity index is 918. The fourth-order valence-electron chi connectivity index (χ4n) is 4.35. The monoisotopic (exact) mass is 425 g/mol. The molecule has 2 atom stereocenters. The Labute approximate surface area is 181 Å². The maximum Gasteiger partial charge on any atom is 0.419 e. The van der Waals surface area contributed by atoms with E-state index in [1.165, 1.54) is 23.3 Å². The van der Waals surface area contributed by atoms with Crippen LogP contribution in [0.25, 0.3) is 0 Å². The van der Waals surface area contributed by atoms with E-state index in [2.05, 4.69) is 29.2 Å². The summed E-state index contributed by atoms with van der Waals surface area (Å²) in [6.45, 7) is 1.45. The van der Waals surface area contributed by atoms with Crippen molar-refractivity contribution < 1.29 is 17.9 Å². The smallest absolute Gasteiger partial charge is 0.419 e. The van der Waals surface area contributed by atoms with Crippen LogP contribution in [0.1, 0.15) is 36.0 Å². The lowest BCUT2D eigenvalue weighted by atomic mass is 10.1. The maximum absolute atomic E-state index is 13.5. The van der Waals surface area contributed by atoms with Gasteiger partial charge in [0.25, 0.3) is 0 Å². The largest absolute Gasteiger partial charge is 0.488 e. The van der Waals surface area contributed by atoms with E-state index in [1.807, 2.05) is 36.4 Å². The summed E-state index contributed by atoms with van der Waals surface area (Å²) >= 11 is 0. The minimum Gasteiger partial charge on any atom is -0.488 e. The molecule has 5 heteroatoms. The van der Waals surface area contributed by atoms with E-state index in [1.54, 1.807) is 6.07 Å². The van der Waals surface area contributed by atoms with Crippen molar-refractivity contribution in [3.8, 4) is 5.75 Å². The average molecular weight is 425 g/mol. The molecule has 0 aliphatic heterocycles. The third-order valence-electron chi connectivity index (χ3n) is 5.81. The quantitative estimate of drug-likeness (QED) is 0.417. The number of ether oxygens (including phenoxy) is 1. The number of para-hydroxylation sites is 1. The zero-order valence-corrected chi connectivity index (χ0v) is 17.3. The Kier molecular flexibility index (Phi) is 6.62. The van der Waals surface area contributed by atoms with Crippen LogP contribution in [0.15, 0.2) is 84.9 Å². The van der Waals surface area contributed by atoms with Crippen molar-refractivity contribution in [3.63, 3.8) is 0 Å². The van der Waals surface area contributed by atoms with Gasteiger partial charge in [-0.25, -0.2) is 0 Å². The summed E-state index contributed by atoms with van der Waals surface area (Å²) < 4.78 is 46.4. The minimum atomic E-state index is -4.43. The molecule has 2 nitrogen and oxygen atoms in total. The summed E-state index contributed by atoms with van der Waals surface area (Å²) in [5.74, 6) is -0.0775. The first-order valence-electron chi connectivity index (χ1n) is 10.7. The topological polar surface area (TPSA) is 12.5 Å². The first kappa shape index (κ1) is 21.4. The van der Waals surface area contributed by atoms with Gasteiger partial charge in [0.1, 0.15) is 11.9 Å². The highest BCUT2D eigenvalue weighted by Crippen LogP contribution is 2.38. The van der Waals surface area contributed by atoms with Crippen LogP contribution in [-0.4, -0.2) is 17.0 Å². The molecule has 2 unspecified atom stereocenters. The first-order chi connectivity index (χ1) is 15.0. The minimum absolute atomic E-state index is 0.0432. The number of hydrogen-bond donors (Lipinski definition) is 0. The molecule has 0 N–H and O–H groups in total. The van der Waals surface area contributed by atoms with Gasteiger partial charge in [-0.15, -0.1) is 0 Å². The van der Waals surface area contributed by atoms with Gasteiger partial charge in [0.05, 0.1) is 5.56 Å². The predicted molar refractivity (Wildman–Crippen MR) is 116 cm³/mol. The molecule has 162 valence electrons. The molecule has 4 rings (SSSR count). The summed E-state index contributed by atoms with van der Waals surface area (Å²) in [5.41, 5.74) is 1.65. The van der Waals surface area contributed by atoms with Gasteiger partial charge in [-0.3, -0.25) is 4.90 Å². The lowest BCUT2D eigenvalue weighted by Gasteiger charge is -2.34. The van der Waals surface area contributed by atoms with E-state index in [4.69, 9.17) is 4.74 Å². The molecule has 0 radical (unpaired) electrons. The van der Waals surface area contributed by atoms with Gasteiger partial charge in [0, 0.05) is 19.1 Å². The normalized spacial score (nSPS) is 19.0. The van der Waals surface area contributed by atoms with Crippen molar-refractivity contribution in [3.05, 3.63) is 102 Å². The Morgan fingerprint density at radius 2 is 1.29 bits per heavy atom. The molecule has 3 aromatic rings. The van der Waals surface area contributed by atoms with E-state index in [-0.39, 0.29) is 17.9 Å². The number of alkyl halides is 3. The number of benzene rings is 3. The van der Waals surface area contributed by atoms with Crippen molar-refractivity contribution in [1.29, 1.82) is 0 Å². The van der Waals surface area contributed by atoms with E-state index >= 15 is 0 Å². The van der Waals surface area contributed by atoms with Crippen molar-refractivity contribution in [1.82, 2.24) is 4.90 Å². The predicted octanol–water partition coefficient (Wildman–Crippen LogP) is 6.71. The van der Waals surface area contributed by atoms with Crippen LogP contribution < -0.4 is 4.74 Å². The van der Waals surface area contributed by atoms with Crippen LogP contribution in [0.3, 0.4) is 0 Å². The molecular weight excluding hydrogens is 399 g/mol. The molecule has 0 heterocycles. The molecule has 1 aliphatic rings. The molecule has 1 aliphatic carbocycles.